The van der Waals surface area contributed by atoms with Crippen molar-refractivity contribution in [3.8, 4) is 0 Å². The maximum atomic E-state index is 11.7. The van der Waals surface area contributed by atoms with Crippen LogP contribution in [0.5, 0.6) is 0 Å². The molecule has 0 aromatic heterocycles. The quantitative estimate of drug-likeness (QED) is 0.366. The van der Waals surface area contributed by atoms with E-state index in [1.54, 1.807) is 0 Å². The van der Waals surface area contributed by atoms with Gasteiger partial charge in [0.1, 0.15) is 0 Å². The standard InChI is InChI=1S/C5H11F2O6P/c1-3-9-12-14(8,11-5(6)7)13-10-4-2/h5H,3-4H2,1-2H3. The molecule has 0 aromatic rings. The molecule has 0 saturated carbocycles. The van der Waals surface area contributed by atoms with E-state index in [9.17, 15) is 13.3 Å². The van der Waals surface area contributed by atoms with E-state index in [0.29, 0.717) is 0 Å². The van der Waals surface area contributed by atoms with Crippen LogP contribution in [-0.4, -0.2) is 19.8 Å². The molecule has 0 aliphatic heterocycles. The van der Waals surface area contributed by atoms with Crippen LogP contribution >= 0.6 is 7.82 Å². The molecule has 0 fully saturated rings. The largest absolute Gasteiger partial charge is 0.533 e. The van der Waals surface area contributed by atoms with Crippen molar-refractivity contribution in [2.75, 3.05) is 13.2 Å². The van der Waals surface area contributed by atoms with Crippen LogP contribution in [0.3, 0.4) is 0 Å². The Balaban J connectivity index is 4.11. The second-order valence-electron chi connectivity index (χ2n) is 1.78. The van der Waals surface area contributed by atoms with Crippen molar-refractivity contribution in [3.05, 3.63) is 0 Å². The lowest BCUT2D eigenvalue weighted by atomic mass is 10.9. The molecule has 14 heavy (non-hydrogen) atoms. The van der Waals surface area contributed by atoms with Crippen LogP contribution in [0.2, 0.25) is 0 Å². The van der Waals surface area contributed by atoms with Gasteiger partial charge in [0.05, 0.1) is 13.2 Å². The first-order valence-electron chi connectivity index (χ1n) is 3.73. The van der Waals surface area contributed by atoms with Crippen LogP contribution in [0, 0.1) is 0 Å². The van der Waals surface area contributed by atoms with Gasteiger partial charge < -0.3 is 0 Å². The van der Waals surface area contributed by atoms with Crippen molar-refractivity contribution in [2.24, 2.45) is 0 Å². The fraction of sp³-hybridized carbons (Fsp3) is 1.00. The Morgan fingerprint density at radius 2 is 1.57 bits per heavy atom. The predicted molar refractivity (Wildman–Crippen MR) is 40.1 cm³/mol. The molecular weight excluding hydrogens is 225 g/mol. The summed E-state index contributed by atoms with van der Waals surface area (Å²) in [4.78, 5) is 8.34. The summed E-state index contributed by atoms with van der Waals surface area (Å²) >= 11 is 0. The van der Waals surface area contributed by atoms with Gasteiger partial charge in [-0.25, -0.2) is 18.9 Å². The summed E-state index contributed by atoms with van der Waals surface area (Å²) in [5, 5.41) is 0. The van der Waals surface area contributed by atoms with E-state index in [0.717, 1.165) is 0 Å². The van der Waals surface area contributed by atoms with Crippen LogP contribution in [0.1, 0.15) is 13.8 Å². The van der Waals surface area contributed by atoms with E-state index in [4.69, 9.17) is 0 Å². The van der Waals surface area contributed by atoms with Crippen molar-refractivity contribution in [2.45, 2.75) is 20.5 Å². The van der Waals surface area contributed by atoms with Crippen molar-refractivity contribution in [1.82, 2.24) is 0 Å². The van der Waals surface area contributed by atoms with Gasteiger partial charge >= 0.3 is 14.4 Å². The fourth-order valence-corrected chi connectivity index (χ4v) is 1.14. The van der Waals surface area contributed by atoms with Gasteiger partial charge in [-0.15, -0.1) is 9.35 Å². The number of alkyl halides is 2. The van der Waals surface area contributed by atoms with Crippen LogP contribution in [0.25, 0.3) is 0 Å². The molecule has 0 unspecified atom stereocenters. The highest BCUT2D eigenvalue weighted by Gasteiger charge is 2.34. The van der Waals surface area contributed by atoms with E-state index in [1.165, 1.54) is 13.8 Å². The highest BCUT2D eigenvalue weighted by molar-refractivity contribution is 7.48. The molecule has 0 radical (unpaired) electrons. The highest BCUT2D eigenvalue weighted by atomic mass is 31.2. The molecular formula is C5H11F2O6P. The number of rotatable bonds is 8. The third-order valence-corrected chi connectivity index (χ3v) is 1.73. The minimum absolute atomic E-state index is 0.00786. The first-order chi connectivity index (χ1) is 6.54. The molecule has 0 atom stereocenters. The smallest absolute Gasteiger partial charge is 0.227 e. The van der Waals surface area contributed by atoms with Crippen molar-refractivity contribution in [1.29, 1.82) is 0 Å². The Hall–Kier alpha value is -0.110. The lowest BCUT2D eigenvalue weighted by molar-refractivity contribution is -0.287. The van der Waals surface area contributed by atoms with E-state index in [-0.39, 0.29) is 13.2 Å². The zero-order valence-electron chi connectivity index (χ0n) is 7.64. The zero-order chi connectivity index (χ0) is 11.0. The summed E-state index contributed by atoms with van der Waals surface area (Å²) in [6, 6.07) is 0. The van der Waals surface area contributed by atoms with Gasteiger partial charge in [-0.3, -0.25) is 0 Å². The average molecular weight is 236 g/mol. The lowest BCUT2D eigenvalue weighted by Crippen LogP contribution is -2.05. The summed E-state index contributed by atoms with van der Waals surface area (Å²) in [6.45, 7) is -0.347. The van der Waals surface area contributed by atoms with Gasteiger partial charge in [0.2, 0.25) is 0 Å². The average Bonchev–Trinajstić information content (AvgIpc) is 2.11. The van der Waals surface area contributed by atoms with E-state index >= 15 is 0 Å². The molecule has 0 heterocycles. The lowest BCUT2D eigenvalue weighted by Gasteiger charge is -2.13. The van der Waals surface area contributed by atoms with E-state index in [2.05, 4.69) is 23.6 Å². The number of hydrogen-bond donors (Lipinski definition) is 0. The summed E-state index contributed by atoms with van der Waals surface area (Å²) in [6.07, 6.45) is 0. The number of phosphoric acid groups is 1. The molecule has 0 amide bonds. The van der Waals surface area contributed by atoms with Crippen LogP contribution in [0.4, 0.5) is 8.78 Å². The van der Waals surface area contributed by atoms with Crippen molar-refractivity contribution in [3.63, 3.8) is 0 Å². The highest BCUT2D eigenvalue weighted by Crippen LogP contribution is 2.51. The minimum atomic E-state index is -4.50. The van der Waals surface area contributed by atoms with E-state index < -0.39 is 14.4 Å². The summed E-state index contributed by atoms with van der Waals surface area (Å²) in [5.74, 6) is 0. The fourth-order valence-electron chi connectivity index (χ4n) is 0.380. The number of halogens is 2. The van der Waals surface area contributed by atoms with Crippen LogP contribution in [0.15, 0.2) is 0 Å². The molecule has 0 aromatic carbocycles. The molecule has 86 valence electrons. The van der Waals surface area contributed by atoms with Crippen LogP contribution < -0.4 is 0 Å². The van der Waals surface area contributed by atoms with E-state index in [1.807, 2.05) is 0 Å². The Morgan fingerprint density at radius 1 is 1.14 bits per heavy atom. The van der Waals surface area contributed by atoms with Gasteiger partial charge in [-0.2, -0.15) is 8.78 Å². The summed E-state index contributed by atoms with van der Waals surface area (Å²) in [5.41, 5.74) is 0. The second-order valence-corrected chi connectivity index (χ2v) is 3.18. The maximum Gasteiger partial charge on any atom is 0.533 e. The molecule has 0 spiro atoms. The Morgan fingerprint density at radius 3 is 1.86 bits per heavy atom. The summed E-state index contributed by atoms with van der Waals surface area (Å²) < 4.78 is 46.1. The van der Waals surface area contributed by atoms with Crippen molar-refractivity contribution < 1.29 is 37.0 Å². The zero-order valence-corrected chi connectivity index (χ0v) is 8.54. The topological polar surface area (TPSA) is 63.2 Å². The van der Waals surface area contributed by atoms with Gasteiger partial charge in [0.25, 0.3) is 0 Å². The third-order valence-electron chi connectivity index (χ3n) is 0.732. The van der Waals surface area contributed by atoms with Gasteiger partial charge in [-0.05, 0) is 13.8 Å². The number of hydrogen-bond acceptors (Lipinski definition) is 6. The van der Waals surface area contributed by atoms with Gasteiger partial charge in [-0.1, -0.05) is 0 Å². The SMILES string of the molecule is CCOOP(=O)(OOCC)OC(F)F. The molecule has 0 aliphatic carbocycles. The van der Waals surface area contributed by atoms with Crippen LogP contribution in [-0.2, 0) is 28.2 Å². The molecule has 0 aliphatic rings. The van der Waals surface area contributed by atoms with Crippen molar-refractivity contribution >= 4 is 7.82 Å². The predicted octanol–water partition coefficient (Wildman–Crippen LogP) is 2.27. The Kier molecular flexibility index (Phi) is 7.16. The maximum absolute atomic E-state index is 11.7. The molecule has 0 N–H and O–H groups in total. The third kappa shape index (κ3) is 6.36. The first kappa shape index (κ1) is 13.9. The Labute approximate surface area is 79.5 Å². The molecule has 0 rings (SSSR count). The second kappa shape index (κ2) is 7.22. The first-order valence-corrected chi connectivity index (χ1v) is 5.19. The normalized spacial score (nSPS) is 12.4. The Bertz CT molecular complexity index is 177. The molecule has 9 heteroatoms. The molecule has 6 nitrogen and oxygen atoms in total. The molecule has 0 saturated heterocycles. The minimum Gasteiger partial charge on any atom is -0.227 e. The summed E-state index contributed by atoms with van der Waals surface area (Å²) in [7, 11) is -4.50. The molecule has 0 bridgehead atoms. The van der Waals surface area contributed by atoms with Gasteiger partial charge in [0, 0.05) is 0 Å². The monoisotopic (exact) mass is 236 g/mol. The van der Waals surface area contributed by atoms with Gasteiger partial charge in [0.15, 0.2) is 0 Å².